The summed E-state index contributed by atoms with van der Waals surface area (Å²) in [5, 5.41) is 1.44. The van der Waals surface area contributed by atoms with Crippen molar-refractivity contribution >= 4 is 39.9 Å². The van der Waals surface area contributed by atoms with Crippen LogP contribution < -0.4 is 10.6 Å². The van der Waals surface area contributed by atoms with Crippen molar-refractivity contribution in [1.82, 2.24) is 4.31 Å². The van der Waals surface area contributed by atoms with Gasteiger partial charge in [-0.2, -0.15) is 0 Å². The highest BCUT2D eigenvalue weighted by Gasteiger charge is 2.49. The highest BCUT2D eigenvalue weighted by atomic mass is 32.2. The zero-order chi connectivity index (χ0) is 26.8. The first kappa shape index (κ1) is 27.0. The smallest absolute Gasteiger partial charge is 0.234 e. The van der Waals surface area contributed by atoms with Gasteiger partial charge < -0.3 is 4.57 Å². The molecule has 194 valence electrons. The monoisotopic (exact) mass is 539 g/mol. The Morgan fingerprint density at radius 3 is 1.92 bits per heavy atom. The molecule has 0 radical (unpaired) electrons. The Hall–Kier alpha value is -3.09. The second-order valence-electron chi connectivity index (χ2n) is 9.71. The predicted octanol–water partition coefficient (Wildman–Crippen LogP) is 4.86. The minimum Gasteiger partial charge on any atom is -0.314 e. The zero-order valence-corrected chi connectivity index (χ0v) is 23.0. The lowest BCUT2D eigenvalue weighted by atomic mass is 9.71. The van der Waals surface area contributed by atoms with Crippen LogP contribution in [0.3, 0.4) is 0 Å². The largest absolute Gasteiger partial charge is 0.314 e. The van der Waals surface area contributed by atoms with E-state index in [4.69, 9.17) is 4.99 Å². The number of halogens is 1. The fourth-order valence-corrected chi connectivity index (χ4v) is 8.44. The molecule has 3 aromatic rings. The van der Waals surface area contributed by atoms with Crippen molar-refractivity contribution in [2.75, 3.05) is 19.5 Å². The van der Waals surface area contributed by atoms with Gasteiger partial charge >= 0.3 is 0 Å². The standard InChI is InChI=1S/C28H31FN3O3PS/c1-21(2)28(20-36(33,24-11-7-5-8-12-24)25-13-9-6-10-14-25)19-30-27(32(3)37(4,34)35)31-26(28)22-15-17-23(29)18-16-22/h5-19,21,26H,20H2,1-4H3. The van der Waals surface area contributed by atoms with E-state index in [1.54, 1.807) is 18.3 Å². The van der Waals surface area contributed by atoms with E-state index in [1.807, 2.05) is 74.5 Å². The number of sulfonamides is 1. The minimum atomic E-state index is -3.62. The quantitative estimate of drug-likeness (QED) is 0.403. The first-order valence-electron chi connectivity index (χ1n) is 12.0. The van der Waals surface area contributed by atoms with Crippen LogP contribution in [0.5, 0.6) is 0 Å². The van der Waals surface area contributed by atoms with Crippen molar-refractivity contribution in [1.29, 1.82) is 0 Å². The number of benzene rings is 3. The van der Waals surface area contributed by atoms with E-state index in [-0.39, 0.29) is 23.9 Å². The van der Waals surface area contributed by atoms with E-state index in [2.05, 4.69) is 4.99 Å². The lowest BCUT2D eigenvalue weighted by Gasteiger charge is -2.44. The molecule has 0 spiro atoms. The summed E-state index contributed by atoms with van der Waals surface area (Å²) in [6, 6.07) is 24.1. The summed E-state index contributed by atoms with van der Waals surface area (Å²) in [6.07, 6.45) is 3.01. The van der Waals surface area contributed by atoms with E-state index >= 15 is 4.57 Å². The Labute approximate surface area is 218 Å². The number of hydrogen-bond donors (Lipinski definition) is 0. The molecule has 6 nitrogen and oxygen atoms in total. The second kappa shape index (κ2) is 10.3. The molecule has 3 aromatic carbocycles. The molecule has 1 aliphatic heterocycles. The van der Waals surface area contributed by atoms with Crippen LogP contribution in [0.4, 0.5) is 4.39 Å². The van der Waals surface area contributed by atoms with Gasteiger partial charge in [0.05, 0.1) is 12.3 Å². The van der Waals surface area contributed by atoms with Crippen molar-refractivity contribution in [2.24, 2.45) is 21.3 Å². The fourth-order valence-electron chi connectivity index (χ4n) is 4.69. The third-order valence-electron chi connectivity index (χ3n) is 7.06. The van der Waals surface area contributed by atoms with Crippen molar-refractivity contribution in [3.8, 4) is 0 Å². The van der Waals surface area contributed by atoms with Crippen molar-refractivity contribution in [3.63, 3.8) is 0 Å². The zero-order valence-electron chi connectivity index (χ0n) is 21.3. The number of rotatable bonds is 7. The van der Waals surface area contributed by atoms with E-state index in [0.717, 1.165) is 21.2 Å². The molecule has 0 aliphatic carbocycles. The van der Waals surface area contributed by atoms with Crippen LogP contribution >= 0.6 is 7.14 Å². The van der Waals surface area contributed by atoms with E-state index in [0.29, 0.717) is 5.56 Å². The summed E-state index contributed by atoms with van der Waals surface area (Å²) in [7, 11) is -5.44. The van der Waals surface area contributed by atoms with Gasteiger partial charge in [-0.05, 0) is 23.6 Å². The lowest BCUT2D eigenvalue weighted by molar-refractivity contribution is 0.275. The molecule has 0 aromatic heterocycles. The van der Waals surface area contributed by atoms with Gasteiger partial charge in [0.2, 0.25) is 16.0 Å². The maximum atomic E-state index is 15.1. The molecule has 37 heavy (non-hydrogen) atoms. The molecule has 9 heteroatoms. The molecule has 0 amide bonds. The Bertz CT molecular complexity index is 1420. The van der Waals surface area contributed by atoms with Gasteiger partial charge in [0.15, 0.2) is 0 Å². The normalized spacial score (nSPS) is 20.1. The van der Waals surface area contributed by atoms with Gasteiger partial charge in [-0.1, -0.05) is 86.6 Å². The van der Waals surface area contributed by atoms with Crippen LogP contribution in [0.15, 0.2) is 94.9 Å². The molecule has 0 saturated heterocycles. The van der Waals surface area contributed by atoms with Crippen LogP contribution in [0.25, 0.3) is 0 Å². The summed E-state index contributed by atoms with van der Waals surface area (Å²) in [4.78, 5) is 9.33. The molecule has 0 fully saturated rings. The summed E-state index contributed by atoms with van der Waals surface area (Å²) in [5.41, 5.74) is -0.172. The molecule has 0 bridgehead atoms. The van der Waals surface area contributed by atoms with Crippen molar-refractivity contribution in [2.45, 2.75) is 19.9 Å². The molecule has 4 rings (SSSR count). The Balaban J connectivity index is 1.94. The van der Waals surface area contributed by atoms with E-state index in [1.165, 1.54) is 19.2 Å². The van der Waals surface area contributed by atoms with Crippen molar-refractivity contribution in [3.05, 3.63) is 96.3 Å². The van der Waals surface area contributed by atoms with Crippen LogP contribution in [0.1, 0.15) is 25.5 Å². The first-order chi connectivity index (χ1) is 17.5. The molecule has 1 heterocycles. The molecular formula is C28H31FN3O3PS. The van der Waals surface area contributed by atoms with Gasteiger partial charge in [0.1, 0.15) is 13.0 Å². The highest BCUT2D eigenvalue weighted by molar-refractivity contribution is 7.88. The molecule has 2 atom stereocenters. The third-order valence-corrected chi connectivity index (χ3v) is 11.5. The van der Waals surface area contributed by atoms with Crippen LogP contribution in [0, 0.1) is 17.2 Å². The summed E-state index contributed by atoms with van der Waals surface area (Å²) in [6.45, 7) is 4.04. The lowest BCUT2D eigenvalue weighted by Crippen LogP contribution is -2.45. The van der Waals surface area contributed by atoms with Gasteiger partial charge in [-0.3, -0.25) is 0 Å². The average Bonchev–Trinajstić information content (AvgIpc) is 2.89. The Morgan fingerprint density at radius 1 is 0.946 bits per heavy atom. The minimum absolute atomic E-state index is 0.0300. The second-order valence-corrected chi connectivity index (χ2v) is 14.6. The predicted molar refractivity (Wildman–Crippen MR) is 150 cm³/mol. The molecule has 2 unspecified atom stereocenters. The summed E-state index contributed by atoms with van der Waals surface area (Å²) < 4.78 is 54.6. The van der Waals surface area contributed by atoms with Crippen molar-refractivity contribution < 1.29 is 17.4 Å². The molecule has 0 N–H and O–H groups in total. The first-order valence-corrected chi connectivity index (χ1v) is 15.7. The maximum absolute atomic E-state index is 15.1. The van der Waals surface area contributed by atoms with E-state index < -0.39 is 28.6 Å². The SMILES string of the molecule is CC(C)C1(CP(=O)(c2ccccc2)c2ccccc2)C=NC(N(C)S(C)(=O)=O)=NC1c1ccc(F)cc1. The average molecular weight is 540 g/mol. The van der Waals surface area contributed by atoms with Crippen LogP contribution in [-0.4, -0.2) is 44.4 Å². The Kier molecular flexibility index (Phi) is 7.54. The summed E-state index contributed by atoms with van der Waals surface area (Å²) >= 11 is 0. The molecule has 0 saturated carbocycles. The number of aliphatic imine (C=N–C) groups is 2. The topological polar surface area (TPSA) is 79.2 Å². The summed E-state index contributed by atoms with van der Waals surface area (Å²) in [5.74, 6) is -0.455. The van der Waals surface area contributed by atoms with Gasteiger partial charge in [-0.25, -0.2) is 27.1 Å². The molecular weight excluding hydrogens is 508 g/mol. The molecule has 1 aliphatic rings. The third kappa shape index (κ3) is 5.32. The number of hydrogen-bond acceptors (Lipinski definition) is 5. The number of guanidine groups is 1. The van der Waals surface area contributed by atoms with Gasteiger partial charge in [0, 0.05) is 35.4 Å². The van der Waals surface area contributed by atoms with Crippen LogP contribution in [-0.2, 0) is 14.6 Å². The maximum Gasteiger partial charge on any atom is 0.234 e. The van der Waals surface area contributed by atoms with Crippen LogP contribution in [0.2, 0.25) is 0 Å². The van der Waals surface area contributed by atoms with Gasteiger partial charge in [-0.15, -0.1) is 0 Å². The van der Waals surface area contributed by atoms with E-state index in [9.17, 15) is 12.8 Å². The fraction of sp³-hybridized carbons (Fsp3) is 0.286. The Morgan fingerprint density at radius 2 is 1.46 bits per heavy atom. The number of nitrogens with zero attached hydrogens (tertiary/aromatic N) is 3. The van der Waals surface area contributed by atoms with Gasteiger partial charge in [0.25, 0.3) is 0 Å². The highest BCUT2D eigenvalue weighted by Crippen LogP contribution is 2.56.